The molecule has 7 aromatic rings. The van der Waals surface area contributed by atoms with Crippen LogP contribution in [0.1, 0.15) is 45.8 Å². The van der Waals surface area contributed by atoms with Gasteiger partial charge >= 0.3 is 0 Å². The Kier molecular flexibility index (Phi) is 6.87. The summed E-state index contributed by atoms with van der Waals surface area (Å²) in [6, 6.07) is 45.1. The molecule has 0 aliphatic rings. The Morgan fingerprint density at radius 3 is 1.72 bits per heavy atom. The van der Waals surface area contributed by atoms with Crippen LogP contribution in [0.3, 0.4) is 0 Å². The van der Waals surface area contributed by atoms with Crippen LogP contribution in [-0.2, 0) is 5.54 Å². The number of H-pyrrole nitrogens is 1. The minimum Gasteiger partial charge on any atom is -0.343 e. The molecule has 0 saturated heterocycles. The zero-order valence-electron chi connectivity index (χ0n) is 23.4. The number of aromatic amines is 1. The van der Waals surface area contributed by atoms with Gasteiger partial charge in [0.2, 0.25) is 5.82 Å². The quantitative estimate of drug-likeness (QED) is 0.176. The van der Waals surface area contributed by atoms with Crippen molar-refractivity contribution >= 4 is 43.8 Å². The van der Waals surface area contributed by atoms with Crippen molar-refractivity contribution in [1.29, 1.82) is 0 Å². The van der Waals surface area contributed by atoms with Crippen molar-refractivity contribution in [3.63, 3.8) is 0 Å². The van der Waals surface area contributed by atoms with E-state index in [9.17, 15) is 4.79 Å². The average Bonchev–Trinajstić information content (AvgIpc) is 3.63. The summed E-state index contributed by atoms with van der Waals surface area (Å²) >= 11 is 3.80. The summed E-state index contributed by atoms with van der Waals surface area (Å²) in [5, 5.41) is 7.60. The van der Waals surface area contributed by atoms with E-state index in [1.807, 2.05) is 67.6 Å². The van der Waals surface area contributed by atoms with Gasteiger partial charge in [0.25, 0.3) is 5.91 Å². The third-order valence-electron chi connectivity index (χ3n) is 7.99. The number of fused-ring (bicyclic) bond motifs is 2. The topological polar surface area (TPSA) is 75.6 Å². The van der Waals surface area contributed by atoms with Crippen molar-refractivity contribution < 1.29 is 4.79 Å². The number of aromatic nitrogens is 4. The molecule has 2 aromatic heterocycles. The molecule has 2 N–H and O–H groups in total. The van der Waals surface area contributed by atoms with Crippen molar-refractivity contribution in [1.82, 2.24) is 25.1 Å². The Morgan fingerprint density at radius 2 is 1.21 bits per heavy atom. The van der Waals surface area contributed by atoms with Crippen molar-refractivity contribution in [3.05, 3.63) is 166 Å². The number of carbonyl (C=O) groups is 1. The lowest BCUT2D eigenvalue weighted by Crippen LogP contribution is -2.38. The van der Waals surface area contributed by atoms with Gasteiger partial charge in [-0.15, -0.1) is 0 Å². The molecule has 0 fully saturated rings. The molecule has 1 amide bonds. The van der Waals surface area contributed by atoms with Crippen LogP contribution in [0.2, 0.25) is 0 Å². The molecule has 0 spiro atoms. The number of rotatable bonds is 7. The third-order valence-corrected chi connectivity index (χ3v) is 8.60. The van der Waals surface area contributed by atoms with Gasteiger partial charge in [0.1, 0.15) is 10.1 Å². The summed E-state index contributed by atoms with van der Waals surface area (Å²) < 4.78 is 3.00. The molecule has 210 valence electrons. The number of hydrogen-bond donors (Lipinski definition) is 2. The van der Waals surface area contributed by atoms with Gasteiger partial charge in [-0.2, -0.15) is 0 Å². The number of nitrogens with one attached hydrogen (secondary N) is 2. The highest BCUT2D eigenvalue weighted by molar-refractivity contribution is 9.10. The van der Waals surface area contributed by atoms with Gasteiger partial charge in [-0.05, 0) is 57.2 Å². The fraction of sp³-hybridized carbons (Fsp3) is 0.0833. The summed E-state index contributed by atoms with van der Waals surface area (Å²) in [5.74, 6) is -0.157. The van der Waals surface area contributed by atoms with Crippen LogP contribution in [0.25, 0.3) is 21.9 Å². The SMILES string of the molecule is C[C@@H](NC(=O)c1nc2cc3c(Br)[nH]n(C(c4ccccc4)(c4ccccc4)c4ccccc4)c3cc2n1)c1ccccc1. The lowest BCUT2D eigenvalue weighted by Gasteiger charge is -2.37. The Bertz CT molecular complexity index is 1940. The molecule has 2 heterocycles. The van der Waals surface area contributed by atoms with E-state index >= 15 is 0 Å². The highest BCUT2D eigenvalue weighted by Gasteiger charge is 2.40. The minimum absolute atomic E-state index is 0.150. The number of imidazole rings is 1. The van der Waals surface area contributed by atoms with Gasteiger partial charge < -0.3 is 5.32 Å². The number of benzene rings is 5. The second kappa shape index (κ2) is 11.0. The maximum absolute atomic E-state index is 13.2. The fourth-order valence-electron chi connectivity index (χ4n) is 5.96. The fourth-order valence-corrected chi connectivity index (χ4v) is 6.45. The van der Waals surface area contributed by atoms with E-state index in [2.05, 4.69) is 109 Å². The maximum atomic E-state index is 13.2. The van der Waals surface area contributed by atoms with Gasteiger partial charge in [0, 0.05) is 5.39 Å². The molecule has 0 aliphatic carbocycles. The molecule has 0 aliphatic heterocycles. The molecular formula is C36H28BrN5O. The van der Waals surface area contributed by atoms with Crippen LogP contribution < -0.4 is 5.32 Å². The van der Waals surface area contributed by atoms with E-state index in [1.54, 1.807) is 0 Å². The van der Waals surface area contributed by atoms with E-state index in [1.165, 1.54) is 0 Å². The highest BCUT2D eigenvalue weighted by atomic mass is 79.9. The lowest BCUT2D eigenvalue weighted by molar-refractivity contribution is 0.0930. The molecule has 5 aromatic carbocycles. The molecule has 0 unspecified atom stereocenters. The number of nitrogens with zero attached hydrogens (tertiary/aromatic N) is 3. The Hall–Kier alpha value is -5.01. The zero-order chi connectivity index (χ0) is 29.4. The van der Waals surface area contributed by atoms with Crippen LogP contribution in [-0.4, -0.2) is 25.7 Å². The van der Waals surface area contributed by atoms with Crippen LogP contribution >= 0.6 is 15.9 Å². The first-order valence-electron chi connectivity index (χ1n) is 14.2. The first kappa shape index (κ1) is 26.9. The van der Waals surface area contributed by atoms with E-state index in [-0.39, 0.29) is 17.8 Å². The minimum atomic E-state index is -0.743. The second-order valence-corrected chi connectivity index (χ2v) is 11.4. The number of hydrogen-bond acceptors (Lipinski definition) is 3. The average molecular weight is 627 g/mol. The summed E-state index contributed by atoms with van der Waals surface area (Å²) in [5.41, 5.74) is 5.78. The predicted octanol–water partition coefficient (Wildman–Crippen LogP) is 8.01. The summed E-state index contributed by atoms with van der Waals surface area (Å²) in [7, 11) is 0. The van der Waals surface area contributed by atoms with E-state index in [4.69, 9.17) is 4.98 Å². The molecule has 7 heteroatoms. The van der Waals surface area contributed by atoms with E-state index in [0.29, 0.717) is 11.0 Å². The zero-order valence-corrected chi connectivity index (χ0v) is 25.0. The molecule has 6 nitrogen and oxygen atoms in total. The van der Waals surface area contributed by atoms with Crippen LogP contribution in [0.15, 0.2) is 138 Å². The lowest BCUT2D eigenvalue weighted by atomic mass is 9.77. The number of amides is 1. The van der Waals surface area contributed by atoms with E-state index in [0.717, 1.165) is 37.8 Å². The van der Waals surface area contributed by atoms with Gasteiger partial charge in [0.05, 0.1) is 22.6 Å². The standard InChI is InChI=1S/C36H28BrN5O/c1-24(25-14-6-2-7-15-25)38-35(43)34-39-30-22-29-32(23-31(30)40-34)42(41-33(29)37)36(26-16-8-3-9-17-26,27-18-10-4-11-19-27)28-20-12-5-13-21-28/h2-24,41H,1H3,(H,38,43)/t24-/m1/s1. The highest BCUT2D eigenvalue weighted by Crippen LogP contribution is 2.43. The third kappa shape index (κ3) is 4.62. The predicted molar refractivity (Wildman–Crippen MR) is 174 cm³/mol. The summed E-state index contributed by atoms with van der Waals surface area (Å²) in [6.07, 6.45) is 0. The Balaban J connectivity index is 1.42. The van der Waals surface area contributed by atoms with E-state index < -0.39 is 5.54 Å². The first-order chi connectivity index (χ1) is 21.1. The number of carbonyl (C=O) groups excluding carboxylic acids is 1. The van der Waals surface area contributed by atoms with Gasteiger partial charge in [-0.25, -0.2) is 9.97 Å². The van der Waals surface area contributed by atoms with Crippen molar-refractivity contribution in [2.24, 2.45) is 0 Å². The molecular weight excluding hydrogens is 598 g/mol. The normalized spacial score (nSPS) is 12.4. The first-order valence-corrected chi connectivity index (χ1v) is 15.0. The largest absolute Gasteiger partial charge is 0.343 e. The van der Waals surface area contributed by atoms with Crippen LogP contribution in [0.4, 0.5) is 0 Å². The Morgan fingerprint density at radius 1 is 0.744 bits per heavy atom. The van der Waals surface area contributed by atoms with Crippen molar-refractivity contribution in [3.8, 4) is 0 Å². The molecule has 43 heavy (non-hydrogen) atoms. The van der Waals surface area contributed by atoms with Gasteiger partial charge in [0.15, 0.2) is 0 Å². The smallest absolute Gasteiger partial charge is 0.289 e. The van der Waals surface area contributed by atoms with Crippen molar-refractivity contribution in [2.75, 3.05) is 0 Å². The monoisotopic (exact) mass is 625 g/mol. The summed E-state index contributed by atoms with van der Waals surface area (Å²) in [4.78, 5) is 22.5. The molecule has 0 radical (unpaired) electrons. The van der Waals surface area contributed by atoms with Gasteiger partial charge in [-0.1, -0.05) is 121 Å². The summed E-state index contributed by atoms with van der Waals surface area (Å²) in [6.45, 7) is 1.95. The van der Waals surface area contributed by atoms with Crippen LogP contribution in [0, 0.1) is 0 Å². The van der Waals surface area contributed by atoms with Gasteiger partial charge in [-0.3, -0.25) is 14.6 Å². The maximum Gasteiger partial charge on any atom is 0.289 e. The molecule has 7 rings (SSSR count). The van der Waals surface area contributed by atoms with Crippen LogP contribution in [0.5, 0.6) is 0 Å². The van der Waals surface area contributed by atoms with Crippen molar-refractivity contribution in [2.45, 2.75) is 18.5 Å². The second-order valence-electron chi connectivity index (χ2n) is 10.6. The molecule has 1 atom stereocenters. The number of halogens is 1. The molecule has 0 saturated carbocycles. The molecule has 0 bridgehead atoms. The Labute approximate surface area is 257 Å².